The van der Waals surface area contributed by atoms with Gasteiger partial charge in [-0.1, -0.05) is 18.2 Å². The van der Waals surface area contributed by atoms with Crippen molar-refractivity contribution in [2.45, 2.75) is 0 Å². The van der Waals surface area contributed by atoms with E-state index < -0.39 is 5.75 Å². The Morgan fingerprint density at radius 1 is 0.500 bits per heavy atom. The van der Waals surface area contributed by atoms with Gasteiger partial charge in [0.1, 0.15) is 0 Å². The van der Waals surface area contributed by atoms with E-state index >= 15 is 0 Å². The van der Waals surface area contributed by atoms with Crippen LogP contribution in [0.2, 0.25) is 0 Å². The molecule has 0 saturated carbocycles. The van der Waals surface area contributed by atoms with Crippen LogP contribution < -0.4 is 0 Å². The van der Waals surface area contributed by atoms with Gasteiger partial charge >= 0.3 is 0 Å². The SMILES string of the molecule is Oc1cccc(O)c1O.Oc1ccccc1O.[Ti]. The van der Waals surface area contributed by atoms with Gasteiger partial charge in [-0.15, -0.1) is 0 Å². The molecule has 0 aliphatic carbocycles. The Kier molecular flexibility index (Phi) is 6.71. The molecular formula is C12H12O5Ti. The molecule has 2 rings (SSSR count). The van der Waals surface area contributed by atoms with Gasteiger partial charge in [-0.2, -0.15) is 0 Å². The second kappa shape index (κ2) is 7.47. The van der Waals surface area contributed by atoms with E-state index in [0.29, 0.717) is 0 Å². The molecule has 0 bridgehead atoms. The van der Waals surface area contributed by atoms with E-state index in [1.165, 1.54) is 30.3 Å². The van der Waals surface area contributed by atoms with Crippen LogP contribution in [0.4, 0.5) is 0 Å². The van der Waals surface area contributed by atoms with Crippen molar-refractivity contribution in [3.8, 4) is 28.7 Å². The molecule has 5 N–H and O–H groups in total. The van der Waals surface area contributed by atoms with E-state index in [1.54, 1.807) is 12.1 Å². The Bertz CT molecular complexity index is 460. The standard InChI is InChI=1S/C6H6O3.C6H6O2.Ti/c7-4-2-1-3-5(8)6(4)9;7-5-3-1-2-4-6(5)8;/h1-3,7-9H;1-4,7-8H;. The maximum absolute atomic E-state index is 8.71. The molecule has 0 amide bonds. The smallest absolute Gasteiger partial charge is 0.200 e. The predicted octanol–water partition coefficient (Wildman–Crippen LogP) is 1.90. The normalized spacial score (nSPS) is 8.67. The zero-order valence-electron chi connectivity index (χ0n) is 9.28. The molecule has 0 aliphatic rings. The average molecular weight is 284 g/mol. The van der Waals surface area contributed by atoms with Crippen LogP contribution >= 0.6 is 0 Å². The van der Waals surface area contributed by atoms with Gasteiger partial charge in [-0.3, -0.25) is 0 Å². The summed E-state index contributed by atoms with van der Waals surface area (Å²) in [6.07, 6.45) is 0. The first kappa shape index (κ1) is 16.2. The Labute approximate surface area is 118 Å². The molecular weight excluding hydrogens is 272 g/mol. The molecule has 0 aliphatic heterocycles. The van der Waals surface area contributed by atoms with E-state index in [2.05, 4.69) is 0 Å². The molecule has 0 spiro atoms. The van der Waals surface area contributed by atoms with Crippen LogP contribution in [0.5, 0.6) is 28.7 Å². The fourth-order valence-electron chi connectivity index (χ4n) is 0.984. The molecule has 0 aromatic heterocycles. The quantitative estimate of drug-likeness (QED) is 0.376. The maximum Gasteiger partial charge on any atom is 0.200 e. The summed E-state index contributed by atoms with van der Waals surface area (Å²) in [5.41, 5.74) is 0. The van der Waals surface area contributed by atoms with Crippen molar-refractivity contribution in [3.63, 3.8) is 0 Å². The average Bonchev–Trinajstić information content (AvgIpc) is 2.31. The summed E-state index contributed by atoms with van der Waals surface area (Å²) >= 11 is 0. The van der Waals surface area contributed by atoms with Gasteiger partial charge in [0, 0.05) is 21.7 Å². The van der Waals surface area contributed by atoms with Crippen LogP contribution in [-0.2, 0) is 21.7 Å². The minimum atomic E-state index is -0.475. The van der Waals surface area contributed by atoms with E-state index in [0.717, 1.165) is 0 Å². The first-order valence-electron chi connectivity index (χ1n) is 4.69. The Hall–Kier alpha value is -1.85. The van der Waals surface area contributed by atoms with Crippen molar-refractivity contribution in [2.75, 3.05) is 0 Å². The molecule has 0 unspecified atom stereocenters. The first-order valence-corrected chi connectivity index (χ1v) is 4.69. The van der Waals surface area contributed by atoms with E-state index in [4.69, 9.17) is 25.5 Å². The third kappa shape index (κ3) is 4.57. The number of benzene rings is 2. The van der Waals surface area contributed by atoms with Crippen molar-refractivity contribution in [1.82, 2.24) is 0 Å². The largest absolute Gasteiger partial charge is 0.504 e. The summed E-state index contributed by atoms with van der Waals surface area (Å²) in [4.78, 5) is 0. The Morgan fingerprint density at radius 3 is 1.11 bits per heavy atom. The minimum absolute atomic E-state index is 0. The number of rotatable bonds is 0. The summed E-state index contributed by atoms with van der Waals surface area (Å²) in [6.45, 7) is 0. The second-order valence-electron chi connectivity index (χ2n) is 3.13. The van der Waals surface area contributed by atoms with Crippen molar-refractivity contribution in [3.05, 3.63) is 42.5 Å². The molecule has 0 atom stereocenters. The van der Waals surface area contributed by atoms with Gasteiger partial charge in [0.25, 0.3) is 0 Å². The van der Waals surface area contributed by atoms with Crippen LogP contribution in [0, 0.1) is 0 Å². The third-order valence-electron chi connectivity index (χ3n) is 1.88. The molecule has 6 heteroatoms. The number of phenolic OH excluding ortho intramolecular Hbond substituents is 5. The van der Waals surface area contributed by atoms with Crippen molar-refractivity contribution >= 4 is 0 Å². The molecule has 94 valence electrons. The number of phenols is 5. The van der Waals surface area contributed by atoms with E-state index in [1.807, 2.05) is 0 Å². The van der Waals surface area contributed by atoms with Crippen LogP contribution in [-0.4, -0.2) is 25.5 Å². The van der Waals surface area contributed by atoms with Crippen LogP contribution in [0.25, 0.3) is 0 Å². The topological polar surface area (TPSA) is 101 Å². The van der Waals surface area contributed by atoms with Gasteiger partial charge in [0.2, 0.25) is 0 Å². The van der Waals surface area contributed by atoms with Crippen molar-refractivity contribution < 1.29 is 47.3 Å². The summed E-state index contributed by atoms with van der Waals surface area (Å²) in [5.74, 6) is -1.25. The molecule has 0 heterocycles. The van der Waals surface area contributed by atoms with Crippen molar-refractivity contribution in [1.29, 1.82) is 0 Å². The second-order valence-corrected chi connectivity index (χ2v) is 3.13. The zero-order chi connectivity index (χ0) is 12.8. The Balaban J connectivity index is 0.000000306. The van der Waals surface area contributed by atoms with Crippen molar-refractivity contribution in [2.24, 2.45) is 0 Å². The zero-order valence-corrected chi connectivity index (χ0v) is 10.8. The first-order chi connectivity index (χ1) is 8.02. The van der Waals surface area contributed by atoms with Gasteiger partial charge < -0.3 is 25.5 Å². The summed E-state index contributed by atoms with van der Waals surface area (Å²) < 4.78 is 0. The van der Waals surface area contributed by atoms with Gasteiger partial charge in [0.05, 0.1) is 0 Å². The van der Waals surface area contributed by atoms with Crippen LogP contribution in [0.1, 0.15) is 0 Å². The van der Waals surface area contributed by atoms with Gasteiger partial charge in [-0.25, -0.2) is 0 Å². The molecule has 2 aromatic rings. The van der Waals surface area contributed by atoms with E-state index in [-0.39, 0.29) is 44.7 Å². The molecule has 0 radical (unpaired) electrons. The number of aromatic hydroxyl groups is 5. The summed E-state index contributed by atoms with van der Waals surface area (Å²) in [5, 5.41) is 43.4. The van der Waals surface area contributed by atoms with Gasteiger partial charge in [0.15, 0.2) is 28.7 Å². The summed E-state index contributed by atoms with van der Waals surface area (Å²) in [6, 6.07) is 10.2. The predicted molar refractivity (Wildman–Crippen MR) is 61.2 cm³/mol. The summed E-state index contributed by atoms with van der Waals surface area (Å²) in [7, 11) is 0. The fourth-order valence-corrected chi connectivity index (χ4v) is 0.984. The Morgan fingerprint density at radius 2 is 0.833 bits per heavy atom. The van der Waals surface area contributed by atoms with E-state index in [9.17, 15) is 0 Å². The van der Waals surface area contributed by atoms with Gasteiger partial charge in [-0.05, 0) is 24.3 Å². The molecule has 0 saturated heterocycles. The minimum Gasteiger partial charge on any atom is -0.504 e. The fraction of sp³-hybridized carbons (Fsp3) is 0. The molecule has 18 heavy (non-hydrogen) atoms. The van der Waals surface area contributed by atoms with Crippen LogP contribution in [0.3, 0.4) is 0 Å². The molecule has 2 aromatic carbocycles. The van der Waals surface area contributed by atoms with Crippen LogP contribution in [0.15, 0.2) is 42.5 Å². The number of para-hydroxylation sites is 3. The molecule has 0 fully saturated rings. The monoisotopic (exact) mass is 284 g/mol. The third-order valence-corrected chi connectivity index (χ3v) is 1.88. The number of hydrogen-bond donors (Lipinski definition) is 5. The molecule has 5 nitrogen and oxygen atoms in total. The maximum atomic E-state index is 8.71. The number of hydrogen-bond acceptors (Lipinski definition) is 5.